The minimum atomic E-state index is -0.590. The van der Waals surface area contributed by atoms with E-state index in [1.807, 2.05) is 13.0 Å². The second-order valence-corrected chi connectivity index (χ2v) is 14.4. The lowest BCUT2D eigenvalue weighted by atomic mass is 10.0. The largest absolute Gasteiger partial charge is 0.493 e. The van der Waals surface area contributed by atoms with Gasteiger partial charge >= 0.3 is 5.97 Å². The highest BCUT2D eigenvalue weighted by atomic mass is 32.2. The summed E-state index contributed by atoms with van der Waals surface area (Å²) in [6.07, 6.45) is 2.46. The molecule has 4 amide bonds. The molecule has 0 bridgehead atoms. The van der Waals surface area contributed by atoms with E-state index in [4.69, 9.17) is 14.2 Å². The van der Waals surface area contributed by atoms with Crippen LogP contribution in [0.2, 0.25) is 0 Å². The van der Waals surface area contributed by atoms with Crippen LogP contribution >= 0.6 is 23.1 Å². The number of esters is 1. The zero-order valence-electron chi connectivity index (χ0n) is 30.6. The second kappa shape index (κ2) is 18.4. The van der Waals surface area contributed by atoms with Gasteiger partial charge in [-0.05, 0) is 67.8 Å². The normalized spacial score (nSPS) is 12.9. The summed E-state index contributed by atoms with van der Waals surface area (Å²) in [5.41, 5.74) is 2.41. The van der Waals surface area contributed by atoms with Crippen LogP contribution in [0.3, 0.4) is 0 Å². The van der Waals surface area contributed by atoms with Crippen LogP contribution in [0.4, 0.5) is 10.7 Å². The molecular weight excluding hydrogens is 729 g/mol. The molecule has 282 valence electrons. The number of amides is 4. The predicted molar refractivity (Wildman–Crippen MR) is 210 cm³/mol. The average molecular weight is 771 g/mol. The van der Waals surface area contributed by atoms with Gasteiger partial charge in [-0.2, -0.15) is 0 Å². The number of anilines is 2. The molecule has 3 aromatic carbocycles. The molecule has 0 aliphatic carbocycles. The quantitative estimate of drug-likeness (QED) is 0.0717. The van der Waals surface area contributed by atoms with Crippen LogP contribution in [0.15, 0.2) is 83.4 Å². The number of carbonyl (C=O) groups excluding carboxylic acids is 5. The molecular formula is C40H42N4O8S2. The summed E-state index contributed by atoms with van der Waals surface area (Å²) >= 11 is 2.59. The summed E-state index contributed by atoms with van der Waals surface area (Å²) in [6.45, 7) is 6.15. The zero-order valence-corrected chi connectivity index (χ0v) is 32.3. The van der Waals surface area contributed by atoms with E-state index in [9.17, 15) is 24.0 Å². The van der Waals surface area contributed by atoms with Crippen molar-refractivity contribution < 1.29 is 38.2 Å². The van der Waals surface area contributed by atoms with E-state index in [2.05, 4.69) is 16.0 Å². The number of thioether (sulfide) groups is 1. The second-order valence-electron chi connectivity index (χ2n) is 12.1. The Bertz CT molecular complexity index is 2060. The first-order chi connectivity index (χ1) is 26.1. The molecule has 2 heterocycles. The van der Waals surface area contributed by atoms with Crippen LogP contribution in [-0.4, -0.2) is 67.1 Å². The summed E-state index contributed by atoms with van der Waals surface area (Å²) in [4.78, 5) is 69.1. The molecule has 0 saturated heterocycles. The molecule has 4 aromatic rings. The van der Waals surface area contributed by atoms with Gasteiger partial charge in [0.1, 0.15) is 10.7 Å². The standard InChI is InChI=1S/C40H42N4O8S2/c1-6-32(38(48)43-39-34(40(49)52-7-2)29-19-20-44(24(3)45)23-33(29)54-39)53-28-17-12-16-27(22-28)41-37(47)30(42-36(46)25-13-9-8-10-14-25)21-26-15-11-18-31(50-4)35(26)51-5/h8-18,21-22,32H,6-7,19-20,23H2,1-5H3,(H,41,47)(H,42,46)(H,43,48)/b30-21+. The number of thiophene rings is 1. The van der Waals surface area contributed by atoms with E-state index in [0.717, 1.165) is 10.4 Å². The SMILES string of the molecule is CCOC(=O)c1c(NC(=O)C(CC)Sc2cccc(NC(=O)/C(=C\c3cccc(OC)c3OC)NC(=O)c3ccccc3)c2)sc2c1CCN(C(C)=O)C2. The van der Waals surface area contributed by atoms with Gasteiger partial charge in [-0.25, -0.2) is 4.79 Å². The van der Waals surface area contributed by atoms with Crippen molar-refractivity contribution in [3.05, 3.63) is 106 Å². The summed E-state index contributed by atoms with van der Waals surface area (Å²) in [7, 11) is 2.99. The molecule has 54 heavy (non-hydrogen) atoms. The number of rotatable bonds is 14. The van der Waals surface area contributed by atoms with Crippen molar-refractivity contribution in [1.29, 1.82) is 0 Å². The van der Waals surface area contributed by atoms with Crippen molar-refractivity contribution in [3.63, 3.8) is 0 Å². The van der Waals surface area contributed by atoms with Gasteiger partial charge in [-0.15, -0.1) is 23.1 Å². The van der Waals surface area contributed by atoms with Gasteiger partial charge in [0.25, 0.3) is 11.8 Å². The maximum absolute atomic E-state index is 13.8. The predicted octanol–water partition coefficient (Wildman–Crippen LogP) is 6.77. The Balaban J connectivity index is 1.36. The van der Waals surface area contributed by atoms with Gasteiger partial charge in [0.15, 0.2) is 11.5 Å². The van der Waals surface area contributed by atoms with E-state index < -0.39 is 23.0 Å². The molecule has 5 rings (SSSR count). The van der Waals surface area contributed by atoms with Crippen molar-refractivity contribution >= 4 is 69.5 Å². The van der Waals surface area contributed by atoms with Gasteiger partial charge in [-0.1, -0.05) is 43.3 Å². The monoisotopic (exact) mass is 770 g/mol. The molecule has 0 spiro atoms. The first-order valence-corrected chi connectivity index (χ1v) is 19.0. The number of benzene rings is 3. The highest BCUT2D eigenvalue weighted by Gasteiger charge is 2.31. The van der Waals surface area contributed by atoms with Crippen LogP contribution in [0.5, 0.6) is 11.5 Å². The molecule has 0 fully saturated rings. The number of carbonyl (C=O) groups is 5. The summed E-state index contributed by atoms with van der Waals surface area (Å²) in [5, 5.41) is 8.43. The first kappa shape index (κ1) is 39.6. The van der Waals surface area contributed by atoms with Crippen molar-refractivity contribution in [2.45, 2.75) is 50.3 Å². The topological polar surface area (TPSA) is 152 Å². The fraction of sp³-hybridized carbons (Fsp3) is 0.275. The molecule has 0 saturated carbocycles. The number of methoxy groups -OCH3 is 2. The Morgan fingerprint density at radius 3 is 2.39 bits per heavy atom. The minimum Gasteiger partial charge on any atom is -0.493 e. The number of hydrogen-bond acceptors (Lipinski definition) is 10. The molecule has 12 nitrogen and oxygen atoms in total. The average Bonchev–Trinajstić information content (AvgIpc) is 3.54. The van der Waals surface area contributed by atoms with Crippen molar-refractivity contribution in [3.8, 4) is 11.5 Å². The van der Waals surface area contributed by atoms with E-state index in [1.54, 1.807) is 78.6 Å². The molecule has 1 aliphatic rings. The molecule has 1 atom stereocenters. The minimum absolute atomic E-state index is 0.0400. The molecule has 1 aromatic heterocycles. The van der Waals surface area contributed by atoms with Crippen molar-refractivity contribution in [1.82, 2.24) is 10.2 Å². The smallest absolute Gasteiger partial charge is 0.341 e. The fourth-order valence-corrected chi connectivity index (χ4v) is 8.10. The highest BCUT2D eigenvalue weighted by molar-refractivity contribution is 8.00. The number of fused-ring (bicyclic) bond motifs is 1. The number of para-hydroxylation sites is 1. The van der Waals surface area contributed by atoms with E-state index in [0.29, 0.717) is 69.7 Å². The maximum atomic E-state index is 13.8. The Morgan fingerprint density at radius 1 is 0.944 bits per heavy atom. The third kappa shape index (κ3) is 9.49. The van der Waals surface area contributed by atoms with Crippen LogP contribution in [0.25, 0.3) is 6.08 Å². The van der Waals surface area contributed by atoms with E-state index in [1.165, 1.54) is 50.3 Å². The van der Waals surface area contributed by atoms with Gasteiger partial charge in [0.05, 0.1) is 38.2 Å². The van der Waals surface area contributed by atoms with Crippen LogP contribution in [-0.2, 0) is 32.1 Å². The lowest BCUT2D eigenvalue weighted by molar-refractivity contribution is -0.129. The van der Waals surface area contributed by atoms with E-state index in [-0.39, 0.29) is 24.1 Å². The molecule has 1 aliphatic heterocycles. The van der Waals surface area contributed by atoms with Gasteiger partial charge < -0.3 is 35.1 Å². The third-order valence-electron chi connectivity index (χ3n) is 8.51. The Hall–Kier alpha value is -5.60. The number of nitrogens with one attached hydrogen (secondary N) is 3. The summed E-state index contributed by atoms with van der Waals surface area (Å²) in [5.74, 6) is -1.10. The molecule has 1 unspecified atom stereocenters. The Kier molecular flexibility index (Phi) is 13.5. The summed E-state index contributed by atoms with van der Waals surface area (Å²) < 4.78 is 16.3. The van der Waals surface area contributed by atoms with Gasteiger partial charge in [-0.3, -0.25) is 19.2 Å². The van der Waals surface area contributed by atoms with Crippen molar-refractivity contribution in [2.75, 3.05) is 38.0 Å². The number of hydrogen-bond donors (Lipinski definition) is 3. The lowest BCUT2D eigenvalue weighted by Gasteiger charge is -2.25. The number of ether oxygens (including phenoxy) is 3. The first-order valence-electron chi connectivity index (χ1n) is 17.3. The fourth-order valence-electron chi connectivity index (χ4n) is 5.83. The maximum Gasteiger partial charge on any atom is 0.341 e. The lowest BCUT2D eigenvalue weighted by Crippen LogP contribution is -2.34. The Morgan fingerprint density at radius 2 is 1.70 bits per heavy atom. The van der Waals surface area contributed by atoms with Crippen LogP contribution in [0.1, 0.15) is 63.9 Å². The number of nitrogens with zero attached hydrogens (tertiary/aromatic N) is 1. The van der Waals surface area contributed by atoms with Crippen molar-refractivity contribution in [2.24, 2.45) is 0 Å². The Labute approximate surface area is 322 Å². The highest BCUT2D eigenvalue weighted by Crippen LogP contribution is 2.39. The van der Waals surface area contributed by atoms with Crippen LogP contribution in [0, 0.1) is 0 Å². The van der Waals surface area contributed by atoms with Gasteiger partial charge in [0, 0.05) is 40.1 Å². The molecule has 14 heteroatoms. The van der Waals surface area contributed by atoms with Crippen LogP contribution < -0.4 is 25.4 Å². The van der Waals surface area contributed by atoms with E-state index >= 15 is 0 Å². The third-order valence-corrected chi connectivity index (χ3v) is 11.0. The summed E-state index contributed by atoms with van der Waals surface area (Å²) in [6, 6.07) is 20.8. The molecule has 3 N–H and O–H groups in total. The van der Waals surface area contributed by atoms with Gasteiger partial charge in [0.2, 0.25) is 11.8 Å². The zero-order chi connectivity index (χ0) is 38.8. The molecule has 0 radical (unpaired) electrons.